The van der Waals surface area contributed by atoms with E-state index in [4.69, 9.17) is 4.74 Å². The van der Waals surface area contributed by atoms with Crippen molar-refractivity contribution in [2.75, 3.05) is 7.11 Å². The Kier molecular flexibility index (Phi) is 6.49. The Bertz CT molecular complexity index is 1270. The summed E-state index contributed by atoms with van der Waals surface area (Å²) >= 11 is 5.10. The summed E-state index contributed by atoms with van der Waals surface area (Å²) in [6.45, 7) is 4.03. The first kappa shape index (κ1) is 22.3. The molecule has 2 aromatic heterocycles. The summed E-state index contributed by atoms with van der Waals surface area (Å²) in [6.07, 6.45) is 5.99. The fraction of sp³-hybridized carbons (Fsp3) is 0.292. The molecule has 32 heavy (non-hydrogen) atoms. The summed E-state index contributed by atoms with van der Waals surface area (Å²) in [7, 11) is 1.52. The Morgan fingerprint density at radius 2 is 2.09 bits per heavy atom. The lowest BCUT2D eigenvalue weighted by Gasteiger charge is -2.10. The molecule has 0 aliphatic heterocycles. The molecular formula is C24H23BrN4O2S. The van der Waals surface area contributed by atoms with Gasteiger partial charge in [-0.1, -0.05) is 15.9 Å². The number of nitriles is 1. The molecule has 6 nitrogen and oxygen atoms in total. The molecule has 0 saturated carbocycles. The van der Waals surface area contributed by atoms with E-state index < -0.39 is 0 Å². The molecule has 0 radical (unpaired) electrons. The zero-order chi connectivity index (χ0) is 22.8. The van der Waals surface area contributed by atoms with Crippen molar-refractivity contribution in [3.05, 3.63) is 67.3 Å². The zero-order valence-electron chi connectivity index (χ0n) is 18.2. The fourth-order valence-electron chi connectivity index (χ4n) is 4.13. The largest absolute Gasteiger partial charge is 0.496 e. The van der Waals surface area contributed by atoms with Crippen LogP contribution in [0.4, 0.5) is 0 Å². The Labute approximate surface area is 199 Å². The zero-order valence-corrected chi connectivity index (χ0v) is 20.6. The van der Waals surface area contributed by atoms with Gasteiger partial charge in [0.05, 0.1) is 24.5 Å². The van der Waals surface area contributed by atoms with Crippen molar-refractivity contribution in [3.8, 4) is 16.8 Å². The van der Waals surface area contributed by atoms with Gasteiger partial charge in [0, 0.05) is 26.3 Å². The van der Waals surface area contributed by atoms with E-state index >= 15 is 0 Å². The SMILES string of the molecule is COc1ccc(Br)cc1C(=O)N/N=C/c1cc(C)n(-c2sc3c(c2C#N)CCCC3)c1C. The first-order valence-corrected chi connectivity index (χ1v) is 12.0. The van der Waals surface area contributed by atoms with Crippen LogP contribution in [0.25, 0.3) is 5.00 Å². The lowest BCUT2D eigenvalue weighted by Crippen LogP contribution is -2.18. The van der Waals surface area contributed by atoms with E-state index in [2.05, 4.69) is 37.1 Å². The first-order chi connectivity index (χ1) is 15.4. The van der Waals surface area contributed by atoms with Gasteiger partial charge in [-0.3, -0.25) is 4.79 Å². The highest BCUT2D eigenvalue weighted by Crippen LogP contribution is 2.38. The topological polar surface area (TPSA) is 79.4 Å². The molecule has 1 amide bonds. The molecular weight excluding hydrogens is 488 g/mol. The minimum Gasteiger partial charge on any atom is -0.496 e. The second-order valence-electron chi connectivity index (χ2n) is 7.71. The molecule has 0 spiro atoms. The number of hydrazone groups is 1. The molecule has 0 saturated heterocycles. The third-order valence-corrected chi connectivity index (χ3v) is 7.48. The van der Waals surface area contributed by atoms with Gasteiger partial charge in [0.15, 0.2) is 0 Å². The van der Waals surface area contributed by atoms with E-state index in [0.717, 1.165) is 51.3 Å². The summed E-state index contributed by atoms with van der Waals surface area (Å²) in [5.74, 6) is 0.121. The van der Waals surface area contributed by atoms with Gasteiger partial charge < -0.3 is 9.30 Å². The summed E-state index contributed by atoms with van der Waals surface area (Å²) < 4.78 is 8.17. The van der Waals surface area contributed by atoms with Crippen molar-refractivity contribution in [1.82, 2.24) is 9.99 Å². The number of nitrogens with one attached hydrogen (secondary N) is 1. The van der Waals surface area contributed by atoms with Gasteiger partial charge in [-0.15, -0.1) is 11.3 Å². The molecule has 0 unspecified atom stereocenters. The van der Waals surface area contributed by atoms with Crippen molar-refractivity contribution in [2.24, 2.45) is 5.10 Å². The number of carbonyl (C=O) groups excluding carboxylic acids is 1. The van der Waals surface area contributed by atoms with Gasteiger partial charge in [0.1, 0.15) is 16.8 Å². The van der Waals surface area contributed by atoms with Gasteiger partial charge in [0.25, 0.3) is 5.91 Å². The van der Waals surface area contributed by atoms with Crippen molar-refractivity contribution in [1.29, 1.82) is 5.26 Å². The number of hydrogen-bond donors (Lipinski definition) is 1. The molecule has 164 valence electrons. The van der Waals surface area contributed by atoms with Crippen LogP contribution in [-0.2, 0) is 12.8 Å². The van der Waals surface area contributed by atoms with E-state index in [9.17, 15) is 10.1 Å². The number of halogens is 1. The highest BCUT2D eigenvalue weighted by molar-refractivity contribution is 9.10. The summed E-state index contributed by atoms with van der Waals surface area (Å²) in [4.78, 5) is 13.9. The molecule has 4 rings (SSSR count). The number of fused-ring (bicyclic) bond motifs is 1. The highest BCUT2D eigenvalue weighted by atomic mass is 79.9. The number of aromatic nitrogens is 1. The summed E-state index contributed by atoms with van der Waals surface area (Å²) in [6, 6.07) is 9.69. The third kappa shape index (κ3) is 4.10. The van der Waals surface area contributed by atoms with Gasteiger partial charge in [-0.05, 0) is 69.4 Å². The number of thiophene rings is 1. The minimum absolute atomic E-state index is 0.356. The second-order valence-corrected chi connectivity index (χ2v) is 9.71. The standard InChI is InChI=1S/C24H23BrN4O2S/c1-14-10-16(13-27-28-23(30)19-11-17(25)8-9-21(19)31-3)15(2)29(14)24-20(12-26)18-6-4-5-7-22(18)32-24/h8-11,13H,4-7H2,1-3H3,(H,28,30)/b27-13+. The van der Waals surface area contributed by atoms with E-state index in [1.165, 1.54) is 24.0 Å². The number of ether oxygens (including phenoxy) is 1. The molecule has 3 aromatic rings. The van der Waals surface area contributed by atoms with Crippen molar-refractivity contribution in [2.45, 2.75) is 39.5 Å². The Balaban J connectivity index is 1.60. The smallest absolute Gasteiger partial charge is 0.275 e. The predicted molar refractivity (Wildman–Crippen MR) is 130 cm³/mol. The van der Waals surface area contributed by atoms with E-state index in [1.54, 1.807) is 29.7 Å². The third-order valence-electron chi connectivity index (χ3n) is 5.71. The van der Waals surface area contributed by atoms with Gasteiger partial charge in [-0.25, -0.2) is 5.43 Å². The Morgan fingerprint density at radius 1 is 1.31 bits per heavy atom. The first-order valence-electron chi connectivity index (χ1n) is 10.4. The normalized spacial score (nSPS) is 13.1. The minimum atomic E-state index is -0.356. The number of methoxy groups -OCH3 is 1. The Morgan fingerprint density at radius 3 is 2.84 bits per heavy atom. The van der Waals surface area contributed by atoms with Crippen molar-refractivity contribution < 1.29 is 9.53 Å². The lowest BCUT2D eigenvalue weighted by atomic mass is 9.96. The van der Waals surface area contributed by atoms with E-state index in [0.29, 0.717) is 11.3 Å². The molecule has 1 aliphatic rings. The fourth-order valence-corrected chi connectivity index (χ4v) is 5.94. The van der Waals surface area contributed by atoms with E-state index in [1.807, 2.05) is 26.0 Å². The van der Waals surface area contributed by atoms with Crippen molar-refractivity contribution in [3.63, 3.8) is 0 Å². The number of benzene rings is 1. The highest BCUT2D eigenvalue weighted by Gasteiger charge is 2.23. The van der Waals surface area contributed by atoms with Crippen LogP contribution in [0.3, 0.4) is 0 Å². The second kappa shape index (κ2) is 9.31. The average Bonchev–Trinajstić information content (AvgIpc) is 3.29. The molecule has 0 fully saturated rings. The van der Waals surface area contributed by atoms with Crippen LogP contribution < -0.4 is 10.2 Å². The number of aryl methyl sites for hydroxylation is 2. The monoisotopic (exact) mass is 510 g/mol. The molecule has 0 atom stereocenters. The maximum absolute atomic E-state index is 12.6. The maximum atomic E-state index is 12.6. The van der Waals surface area contributed by atoms with Crippen molar-refractivity contribution >= 4 is 39.4 Å². The van der Waals surface area contributed by atoms with Gasteiger partial charge >= 0.3 is 0 Å². The summed E-state index contributed by atoms with van der Waals surface area (Å²) in [5.41, 5.74) is 7.89. The average molecular weight is 511 g/mol. The predicted octanol–water partition coefficient (Wildman–Crippen LogP) is 5.44. The van der Waals surface area contributed by atoms with Crippen LogP contribution >= 0.6 is 27.3 Å². The Hall–Kier alpha value is -2.89. The number of hydrogen-bond acceptors (Lipinski definition) is 5. The number of nitrogens with zero attached hydrogens (tertiary/aromatic N) is 3. The van der Waals surface area contributed by atoms with Crippen LogP contribution in [0.5, 0.6) is 5.75 Å². The van der Waals surface area contributed by atoms with Crippen LogP contribution in [-0.4, -0.2) is 23.8 Å². The van der Waals surface area contributed by atoms with Crippen LogP contribution in [0.15, 0.2) is 33.8 Å². The van der Waals surface area contributed by atoms with Crippen LogP contribution in [0, 0.1) is 25.2 Å². The maximum Gasteiger partial charge on any atom is 0.275 e. The number of rotatable bonds is 5. The van der Waals surface area contributed by atoms with Gasteiger partial charge in [0.2, 0.25) is 0 Å². The molecule has 8 heteroatoms. The molecule has 2 heterocycles. The lowest BCUT2D eigenvalue weighted by molar-refractivity contribution is 0.0952. The van der Waals surface area contributed by atoms with Gasteiger partial charge in [-0.2, -0.15) is 10.4 Å². The quantitative estimate of drug-likeness (QED) is 0.366. The number of amides is 1. The number of carbonyl (C=O) groups is 1. The molecule has 0 bridgehead atoms. The summed E-state index contributed by atoms with van der Waals surface area (Å²) in [5, 5.41) is 15.0. The molecule has 1 aliphatic carbocycles. The molecule has 1 N–H and O–H groups in total. The van der Waals surface area contributed by atoms with Crippen LogP contribution in [0.1, 0.15) is 56.2 Å². The van der Waals surface area contributed by atoms with E-state index in [-0.39, 0.29) is 5.91 Å². The molecule has 1 aromatic carbocycles. The van der Waals surface area contributed by atoms with Crippen LogP contribution in [0.2, 0.25) is 0 Å².